The molecule has 0 amide bonds. The monoisotopic (exact) mass is 299 g/mol. The van der Waals surface area contributed by atoms with Gasteiger partial charge in [-0.15, -0.1) is 0 Å². The van der Waals surface area contributed by atoms with Crippen LogP contribution in [0, 0.1) is 0 Å². The van der Waals surface area contributed by atoms with E-state index >= 15 is 0 Å². The van der Waals surface area contributed by atoms with Crippen molar-refractivity contribution in [1.82, 2.24) is 4.31 Å². The third-order valence-corrected chi connectivity index (χ3v) is 5.39. The Morgan fingerprint density at radius 3 is 2.65 bits per heavy atom. The van der Waals surface area contributed by atoms with Gasteiger partial charge in [0, 0.05) is 13.1 Å². The van der Waals surface area contributed by atoms with Crippen LogP contribution in [0.2, 0.25) is 0 Å². The maximum absolute atomic E-state index is 12.6. The first-order valence-corrected chi connectivity index (χ1v) is 7.84. The van der Waals surface area contributed by atoms with Crippen LogP contribution in [0.4, 0.5) is 0 Å². The Bertz CT molecular complexity index is 626. The number of benzene rings is 1. The summed E-state index contributed by atoms with van der Waals surface area (Å²) < 4.78 is 26.3. The minimum atomic E-state index is -3.76. The number of hydrogen-bond donors (Lipinski definition) is 2. The number of carboxylic acids is 1. The summed E-state index contributed by atoms with van der Waals surface area (Å²) in [6.07, 6.45) is 0.238. The number of nitrogens with zero attached hydrogens (tertiary/aromatic N) is 1. The molecule has 1 saturated heterocycles. The second kappa shape index (κ2) is 5.51. The molecule has 6 nitrogen and oxygen atoms in total. The quantitative estimate of drug-likeness (QED) is 0.853. The van der Waals surface area contributed by atoms with E-state index < -0.39 is 22.1 Å². The van der Waals surface area contributed by atoms with Gasteiger partial charge in [-0.25, -0.2) is 13.2 Å². The van der Waals surface area contributed by atoms with Gasteiger partial charge in [-0.1, -0.05) is 13.0 Å². The van der Waals surface area contributed by atoms with Gasteiger partial charge in [0.05, 0.1) is 16.6 Å². The van der Waals surface area contributed by atoms with E-state index in [-0.39, 0.29) is 23.5 Å². The van der Waals surface area contributed by atoms with E-state index in [0.29, 0.717) is 18.4 Å². The molecule has 1 heterocycles. The molecule has 0 aliphatic carbocycles. The lowest BCUT2D eigenvalue weighted by atomic mass is 10.1. The Kier molecular flexibility index (Phi) is 4.12. The summed E-state index contributed by atoms with van der Waals surface area (Å²) >= 11 is 0. The fourth-order valence-corrected chi connectivity index (χ4v) is 4.10. The summed E-state index contributed by atoms with van der Waals surface area (Å²) in [5, 5.41) is 18.5. The highest BCUT2D eigenvalue weighted by Crippen LogP contribution is 2.25. The second-order valence-electron chi connectivity index (χ2n) is 4.79. The highest BCUT2D eigenvalue weighted by atomic mass is 32.2. The summed E-state index contributed by atoms with van der Waals surface area (Å²) in [5.74, 6) is -1.16. The highest BCUT2D eigenvalue weighted by molar-refractivity contribution is 7.89. The summed E-state index contributed by atoms with van der Waals surface area (Å²) in [4.78, 5) is 11.0. The number of carbonyl (C=O) groups is 1. The predicted octanol–water partition coefficient (Wildman–Crippen LogP) is 0.703. The SMILES string of the molecule is CCc1ccc(C(=O)O)cc1S(=O)(=O)N1CCC(O)C1. The zero-order valence-electron chi connectivity index (χ0n) is 11.1. The van der Waals surface area contributed by atoms with E-state index in [1.165, 1.54) is 22.5 Å². The number of aryl methyl sites for hydroxylation is 1. The largest absolute Gasteiger partial charge is 0.478 e. The standard InChI is InChI=1S/C13H17NO5S/c1-2-9-3-4-10(13(16)17)7-12(9)20(18,19)14-6-5-11(15)8-14/h3-4,7,11,15H,2,5-6,8H2,1H3,(H,16,17). The summed E-state index contributed by atoms with van der Waals surface area (Å²) in [6.45, 7) is 2.13. The van der Waals surface area contributed by atoms with Crippen LogP contribution in [-0.2, 0) is 16.4 Å². The third kappa shape index (κ3) is 2.70. The average molecular weight is 299 g/mol. The van der Waals surface area contributed by atoms with E-state index in [4.69, 9.17) is 5.11 Å². The second-order valence-corrected chi connectivity index (χ2v) is 6.69. The first kappa shape index (κ1) is 15.0. The van der Waals surface area contributed by atoms with Gasteiger partial charge in [-0.2, -0.15) is 4.31 Å². The van der Waals surface area contributed by atoms with Crippen LogP contribution in [0.1, 0.15) is 29.3 Å². The van der Waals surface area contributed by atoms with E-state index in [2.05, 4.69) is 0 Å². The maximum Gasteiger partial charge on any atom is 0.335 e. The van der Waals surface area contributed by atoms with Crippen molar-refractivity contribution < 1.29 is 23.4 Å². The molecule has 1 atom stereocenters. The smallest absolute Gasteiger partial charge is 0.335 e. The minimum Gasteiger partial charge on any atom is -0.478 e. The van der Waals surface area contributed by atoms with Crippen molar-refractivity contribution in [1.29, 1.82) is 0 Å². The molecule has 2 rings (SSSR count). The zero-order valence-corrected chi connectivity index (χ0v) is 11.9. The molecule has 0 bridgehead atoms. The summed E-state index contributed by atoms with van der Waals surface area (Å²) in [6, 6.07) is 4.13. The van der Waals surface area contributed by atoms with Crippen molar-refractivity contribution in [3.05, 3.63) is 29.3 Å². The van der Waals surface area contributed by atoms with Crippen LogP contribution < -0.4 is 0 Å². The molecule has 0 spiro atoms. The minimum absolute atomic E-state index is 0.0222. The number of aromatic carboxylic acids is 1. The van der Waals surface area contributed by atoms with Crippen LogP contribution in [0.5, 0.6) is 0 Å². The third-order valence-electron chi connectivity index (χ3n) is 3.44. The van der Waals surface area contributed by atoms with Gasteiger partial charge in [0.25, 0.3) is 0 Å². The van der Waals surface area contributed by atoms with Gasteiger partial charge in [-0.3, -0.25) is 0 Å². The molecule has 1 fully saturated rings. The molecule has 0 radical (unpaired) electrons. The van der Waals surface area contributed by atoms with E-state index in [1.54, 1.807) is 0 Å². The van der Waals surface area contributed by atoms with Crippen LogP contribution in [0.15, 0.2) is 23.1 Å². The Morgan fingerprint density at radius 2 is 2.15 bits per heavy atom. The topological polar surface area (TPSA) is 94.9 Å². The molecule has 110 valence electrons. The van der Waals surface area contributed by atoms with Crippen molar-refractivity contribution in [3.8, 4) is 0 Å². The van der Waals surface area contributed by atoms with Crippen LogP contribution in [0.25, 0.3) is 0 Å². The first-order valence-electron chi connectivity index (χ1n) is 6.40. The predicted molar refractivity (Wildman–Crippen MR) is 72.2 cm³/mol. The lowest BCUT2D eigenvalue weighted by Crippen LogP contribution is -2.30. The zero-order chi connectivity index (χ0) is 14.9. The number of rotatable bonds is 4. The highest BCUT2D eigenvalue weighted by Gasteiger charge is 2.33. The number of β-amino-alcohol motifs (C(OH)–C–C–N with tert-alkyl or cyclic N) is 1. The van der Waals surface area contributed by atoms with Gasteiger partial charge in [-0.05, 0) is 30.5 Å². The molecule has 2 N–H and O–H groups in total. The molecule has 1 aromatic rings. The lowest BCUT2D eigenvalue weighted by molar-refractivity contribution is 0.0696. The lowest BCUT2D eigenvalue weighted by Gasteiger charge is -2.18. The van der Waals surface area contributed by atoms with Crippen LogP contribution in [-0.4, -0.2) is 48.1 Å². The van der Waals surface area contributed by atoms with E-state index in [0.717, 1.165) is 0 Å². The van der Waals surface area contributed by atoms with Gasteiger partial charge in [0.1, 0.15) is 0 Å². The van der Waals surface area contributed by atoms with Crippen LogP contribution >= 0.6 is 0 Å². The Morgan fingerprint density at radius 1 is 1.45 bits per heavy atom. The maximum atomic E-state index is 12.6. The van der Waals surface area contributed by atoms with Crippen molar-refractivity contribution in [2.45, 2.75) is 30.8 Å². The molecule has 1 aromatic carbocycles. The Labute approximate surface area is 117 Å². The number of hydrogen-bond acceptors (Lipinski definition) is 4. The number of carboxylic acid groups (broad SMARTS) is 1. The average Bonchev–Trinajstić information content (AvgIpc) is 2.85. The molecule has 0 saturated carbocycles. The number of aliphatic hydroxyl groups excluding tert-OH is 1. The van der Waals surface area contributed by atoms with Crippen molar-refractivity contribution in [2.24, 2.45) is 0 Å². The summed E-state index contributed by atoms with van der Waals surface area (Å²) in [5.41, 5.74) is 0.525. The van der Waals surface area contributed by atoms with Gasteiger partial charge in [0.15, 0.2) is 0 Å². The van der Waals surface area contributed by atoms with Gasteiger partial charge >= 0.3 is 5.97 Å². The Balaban J connectivity index is 2.49. The number of sulfonamides is 1. The van der Waals surface area contributed by atoms with Gasteiger partial charge < -0.3 is 10.2 Å². The fraction of sp³-hybridized carbons (Fsp3) is 0.462. The normalized spacial score (nSPS) is 20.2. The molecule has 7 heteroatoms. The molecular weight excluding hydrogens is 282 g/mol. The first-order chi connectivity index (χ1) is 9.36. The Hall–Kier alpha value is -1.44. The van der Waals surface area contributed by atoms with E-state index in [9.17, 15) is 18.3 Å². The molecule has 1 aliphatic rings. The summed E-state index contributed by atoms with van der Waals surface area (Å²) in [7, 11) is -3.76. The molecule has 0 aromatic heterocycles. The fourth-order valence-electron chi connectivity index (χ4n) is 2.29. The van der Waals surface area contributed by atoms with Crippen LogP contribution in [0.3, 0.4) is 0 Å². The van der Waals surface area contributed by atoms with Gasteiger partial charge in [0.2, 0.25) is 10.0 Å². The molecular formula is C13H17NO5S. The molecule has 1 aliphatic heterocycles. The van der Waals surface area contributed by atoms with Crippen molar-refractivity contribution in [2.75, 3.05) is 13.1 Å². The molecule has 20 heavy (non-hydrogen) atoms. The van der Waals surface area contributed by atoms with E-state index in [1.807, 2.05) is 6.92 Å². The molecule has 1 unspecified atom stereocenters. The number of aliphatic hydroxyl groups is 1. The van der Waals surface area contributed by atoms with Crippen molar-refractivity contribution >= 4 is 16.0 Å². The van der Waals surface area contributed by atoms with Crippen molar-refractivity contribution in [3.63, 3.8) is 0 Å².